The van der Waals surface area contributed by atoms with Gasteiger partial charge in [0, 0.05) is 29.9 Å². The molecular weight excluding hydrogens is 322 g/mol. The molecule has 3 heterocycles. The van der Waals surface area contributed by atoms with Crippen LogP contribution in [0.4, 0.5) is 0 Å². The maximum absolute atomic E-state index is 12.9. The molecule has 1 amide bonds. The zero-order valence-corrected chi connectivity index (χ0v) is 14.9. The van der Waals surface area contributed by atoms with Gasteiger partial charge in [0.2, 0.25) is 5.91 Å². The van der Waals surface area contributed by atoms with Crippen molar-refractivity contribution in [1.82, 2.24) is 9.88 Å². The molecule has 26 heavy (non-hydrogen) atoms. The SMILES string of the molecule is N#CC1(C(=O)N2C3CCC2CC(Cc2cncc4ccccc24)C3)CC1. The Labute approximate surface area is 153 Å². The Morgan fingerprint density at radius 3 is 2.62 bits per heavy atom. The molecule has 132 valence electrons. The molecule has 2 aromatic rings. The van der Waals surface area contributed by atoms with E-state index >= 15 is 0 Å². The minimum absolute atomic E-state index is 0.123. The predicted molar refractivity (Wildman–Crippen MR) is 99.1 cm³/mol. The van der Waals surface area contributed by atoms with Crippen LogP contribution in [0.15, 0.2) is 36.7 Å². The average Bonchev–Trinajstić information content (AvgIpc) is 3.42. The van der Waals surface area contributed by atoms with E-state index < -0.39 is 5.41 Å². The quantitative estimate of drug-likeness (QED) is 0.849. The van der Waals surface area contributed by atoms with Crippen molar-refractivity contribution in [3.8, 4) is 6.07 Å². The minimum atomic E-state index is -0.673. The van der Waals surface area contributed by atoms with Crippen molar-refractivity contribution in [2.75, 3.05) is 0 Å². The largest absolute Gasteiger partial charge is 0.335 e. The molecule has 2 aliphatic heterocycles. The molecule has 1 aliphatic carbocycles. The van der Waals surface area contributed by atoms with Crippen molar-refractivity contribution in [1.29, 1.82) is 5.26 Å². The Morgan fingerprint density at radius 2 is 1.92 bits per heavy atom. The molecule has 3 fully saturated rings. The van der Waals surface area contributed by atoms with Gasteiger partial charge >= 0.3 is 0 Å². The normalized spacial score (nSPS) is 28.7. The number of hydrogen-bond donors (Lipinski definition) is 0. The van der Waals surface area contributed by atoms with Crippen molar-refractivity contribution in [2.24, 2.45) is 11.3 Å². The Kier molecular flexibility index (Phi) is 3.53. The molecule has 5 rings (SSSR count). The van der Waals surface area contributed by atoms with Gasteiger partial charge in [-0.05, 0) is 61.8 Å². The summed E-state index contributed by atoms with van der Waals surface area (Å²) in [6.07, 6.45) is 10.8. The third kappa shape index (κ3) is 2.41. The average molecular weight is 345 g/mol. The number of carbonyl (C=O) groups is 1. The number of nitriles is 1. The number of benzene rings is 1. The lowest BCUT2D eigenvalue weighted by Crippen LogP contribution is -2.49. The van der Waals surface area contributed by atoms with Crippen molar-refractivity contribution >= 4 is 16.7 Å². The zero-order valence-electron chi connectivity index (χ0n) is 14.9. The van der Waals surface area contributed by atoms with Crippen LogP contribution in [0.2, 0.25) is 0 Å². The first-order valence-electron chi connectivity index (χ1n) is 9.76. The molecule has 1 saturated carbocycles. The van der Waals surface area contributed by atoms with E-state index in [0.717, 1.165) is 44.9 Å². The Hall–Kier alpha value is -2.41. The van der Waals surface area contributed by atoms with Gasteiger partial charge in [-0.25, -0.2) is 0 Å². The summed E-state index contributed by atoms with van der Waals surface area (Å²) in [6.45, 7) is 0. The van der Waals surface area contributed by atoms with Crippen LogP contribution in [0.3, 0.4) is 0 Å². The molecule has 2 atom stereocenters. The van der Waals surface area contributed by atoms with E-state index in [0.29, 0.717) is 18.0 Å². The number of aromatic nitrogens is 1. The van der Waals surface area contributed by atoms with Crippen LogP contribution in [-0.4, -0.2) is 27.9 Å². The molecule has 0 N–H and O–H groups in total. The van der Waals surface area contributed by atoms with Crippen LogP contribution < -0.4 is 0 Å². The van der Waals surface area contributed by atoms with Crippen LogP contribution in [-0.2, 0) is 11.2 Å². The molecule has 2 saturated heterocycles. The van der Waals surface area contributed by atoms with Gasteiger partial charge in [-0.2, -0.15) is 5.26 Å². The summed E-state index contributed by atoms with van der Waals surface area (Å²) in [5.41, 5.74) is 0.649. The van der Waals surface area contributed by atoms with E-state index in [9.17, 15) is 10.1 Å². The lowest BCUT2D eigenvalue weighted by Gasteiger charge is -2.40. The van der Waals surface area contributed by atoms with Crippen LogP contribution in [0, 0.1) is 22.7 Å². The first kappa shape index (κ1) is 15.8. The van der Waals surface area contributed by atoms with Gasteiger partial charge < -0.3 is 4.90 Å². The van der Waals surface area contributed by atoms with Crippen molar-refractivity contribution < 1.29 is 4.79 Å². The van der Waals surface area contributed by atoms with Gasteiger partial charge in [0.25, 0.3) is 0 Å². The van der Waals surface area contributed by atoms with Gasteiger partial charge in [-0.15, -0.1) is 0 Å². The number of fused-ring (bicyclic) bond motifs is 3. The second kappa shape index (κ2) is 5.81. The number of rotatable bonds is 3. The van der Waals surface area contributed by atoms with Gasteiger partial charge in [-0.3, -0.25) is 9.78 Å². The second-order valence-corrected chi connectivity index (χ2v) is 8.35. The molecule has 2 unspecified atom stereocenters. The highest BCUT2D eigenvalue weighted by atomic mass is 16.2. The summed E-state index contributed by atoms with van der Waals surface area (Å²) in [4.78, 5) is 19.4. The van der Waals surface area contributed by atoms with E-state index in [2.05, 4.69) is 40.2 Å². The smallest absolute Gasteiger partial charge is 0.243 e. The van der Waals surface area contributed by atoms with E-state index in [1.54, 1.807) is 0 Å². The van der Waals surface area contributed by atoms with Crippen LogP contribution in [0.5, 0.6) is 0 Å². The first-order valence-corrected chi connectivity index (χ1v) is 9.76. The predicted octanol–water partition coefficient (Wildman–Crippen LogP) is 3.85. The van der Waals surface area contributed by atoms with Crippen LogP contribution in [0.1, 0.15) is 44.1 Å². The van der Waals surface area contributed by atoms with Gasteiger partial charge in [0.15, 0.2) is 0 Å². The summed E-state index contributed by atoms with van der Waals surface area (Å²) in [6, 6.07) is 11.4. The molecule has 1 aromatic heterocycles. The molecule has 4 nitrogen and oxygen atoms in total. The summed E-state index contributed by atoms with van der Waals surface area (Å²) in [5, 5.41) is 11.9. The summed E-state index contributed by atoms with van der Waals surface area (Å²) in [7, 11) is 0. The van der Waals surface area contributed by atoms with E-state index in [1.807, 2.05) is 12.4 Å². The highest BCUT2D eigenvalue weighted by Gasteiger charge is 2.56. The highest BCUT2D eigenvalue weighted by molar-refractivity contribution is 5.89. The third-order valence-electron chi connectivity index (χ3n) is 6.70. The van der Waals surface area contributed by atoms with E-state index in [1.165, 1.54) is 16.3 Å². The van der Waals surface area contributed by atoms with Crippen molar-refractivity contribution in [3.63, 3.8) is 0 Å². The number of carbonyl (C=O) groups excluding carboxylic acids is 1. The Morgan fingerprint density at radius 1 is 1.19 bits per heavy atom. The number of piperidine rings is 1. The Bertz CT molecular complexity index is 892. The van der Waals surface area contributed by atoms with E-state index in [4.69, 9.17) is 0 Å². The molecule has 3 aliphatic rings. The van der Waals surface area contributed by atoms with Gasteiger partial charge in [0.1, 0.15) is 5.41 Å². The van der Waals surface area contributed by atoms with Gasteiger partial charge in [-0.1, -0.05) is 24.3 Å². The lowest BCUT2D eigenvalue weighted by atomic mass is 9.84. The first-order chi connectivity index (χ1) is 12.7. The Balaban J connectivity index is 1.35. The fourth-order valence-electron chi connectivity index (χ4n) is 5.19. The third-order valence-corrected chi connectivity index (χ3v) is 6.70. The molecule has 0 spiro atoms. The fraction of sp³-hybridized carbons (Fsp3) is 0.500. The van der Waals surface area contributed by atoms with Gasteiger partial charge in [0.05, 0.1) is 6.07 Å². The molecule has 4 heteroatoms. The van der Waals surface area contributed by atoms with Crippen molar-refractivity contribution in [3.05, 3.63) is 42.2 Å². The summed E-state index contributed by atoms with van der Waals surface area (Å²) >= 11 is 0. The zero-order chi connectivity index (χ0) is 17.7. The van der Waals surface area contributed by atoms with Crippen LogP contribution in [0.25, 0.3) is 10.8 Å². The maximum Gasteiger partial charge on any atom is 0.243 e. The van der Waals surface area contributed by atoms with Crippen LogP contribution >= 0.6 is 0 Å². The standard InChI is InChI=1S/C22H23N3O/c23-14-22(7-8-22)21(26)25-18-5-6-19(25)11-15(10-18)9-17-13-24-12-16-3-1-2-4-20(16)17/h1-4,12-13,15,18-19H,5-11H2. The highest BCUT2D eigenvalue weighted by Crippen LogP contribution is 2.50. The monoisotopic (exact) mass is 345 g/mol. The number of nitrogens with zero attached hydrogens (tertiary/aromatic N) is 3. The number of hydrogen-bond acceptors (Lipinski definition) is 3. The van der Waals surface area contributed by atoms with E-state index in [-0.39, 0.29) is 5.91 Å². The molecular formula is C22H23N3O. The molecule has 0 radical (unpaired) electrons. The fourth-order valence-corrected chi connectivity index (χ4v) is 5.19. The summed E-state index contributed by atoms with van der Waals surface area (Å²) < 4.78 is 0. The number of amides is 1. The van der Waals surface area contributed by atoms with Crippen molar-refractivity contribution in [2.45, 2.75) is 57.0 Å². The minimum Gasteiger partial charge on any atom is -0.335 e. The second-order valence-electron chi connectivity index (χ2n) is 8.35. The summed E-state index contributed by atoms with van der Waals surface area (Å²) in [5.74, 6) is 0.721. The maximum atomic E-state index is 12.9. The number of pyridine rings is 1. The molecule has 2 bridgehead atoms. The topological polar surface area (TPSA) is 57.0 Å². The molecule has 1 aromatic carbocycles. The lowest BCUT2D eigenvalue weighted by molar-refractivity contribution is -0.140.